The molecule has 1 unspecified atom stereocenters. The minimum Gasteiger partial charge on any atom is -0.417 e. The molecule has 102 valence electrons. The molecule has 1 aromatic carbocycles. The molecule has 0 spiro atoms. The van der Waals surface area contributed by atoms with Crippen LogP contribution in [0.25, 0.3) is 0 Å². The number of nitrogens with zero attached hydrogens (tertiary/aromatic N) is 1. The Labute approximate surface area is 113 Å². The Morgan fingerprint density at radius 1 is 1.32 bits per heavy atom. The van der Waals surface area contributed by atoms with Gasteiger partial charge in [-0.1, -0.05) is 26.0 Å². The average molecular weight is 260 g/mol. The standard InChI is InChI=1S/C15H20N2O2/c1-4-11(2)12-5-7-14(8-6-12)19-15-17-13(9-16-3)10-18-15/h5-8,10-11,16H,4,9H2,1-3H3. The summed E-state index contributed by atoms with van der Waals surface area (Å²) < 4.78 is 10.8. The topological polar surface area (TPSA) is 47.3 Å². The zero-order chi connectivity index (χ0) is 13.7. The van der Waals surface area contributed by atoms with Crippen molar-refractivity contribution in [1.82, 2.24) is 10.3 Å². The molecule has 0 amide bonds. The Bertz CT molecular complexity index is 505. The molecule has 4 nitrogen and oxygen atoms in total. The molecule has 0 saturated heterocycles. The Hall–Kier alpha value is -1.81. The van der Waals surface area contributed by atoms with Gasteiger partial charge in [0.25, 0.3) is 0 Å². The highest BCUT2D eigenvalue weighted by Gasteiger charge is 2.07. The SMILES string of the molecule is CCC(C)c1ccc(Oc2nc(CNC)co2)cc1. The Kier molecular flexibility index (Phi) is 4.58. The molecule has 0 aliphatic rings. The lowest BCUT2D eigenvalue weighted by atomic mass is 9.99. The van der Waals surface area contributed by atoms with Gasteiger partial charge in [-0.3, -0.25) is 0 Å². The second-order valence-electron chi connectivity index (χ2n) is 4.62. The number of ether oxygens (including phenoxy) is 1. The third-order valence-electron chi connectivity index (χ3n) is 3.16. The van der Waals surface area contributed by atoms with Gasteiger partial charge in [0.2, 0.25) is 0 Å². The summed E-state index contributed by atoms with van der Waals surface area (Å²) in [6.45, 7) is 5.07. The molecular weight excluding hydrogens is 240 g/mol. The molecule has 0 aliphatic carbocycles. The van der Waals surface area contributed by atoms with Crippen molar-refractivity contribution in [1.29, 1.82) is 0 Å². The van der Waals surface area contributed by atoms with Crippen molar-refractivity contribution in [3.63, 3.8) is 0 Å². The highest BCUT2D eigenvalue weighted by Crippen LogP contribution is 2.24. The summed E-state index contributed by atoms with van der Waals surface area (Å²) in [6.07, 6.45) is 3.01. The van der Waals surface area contributed by atoms with Crippen LogP contribution in [0.4, 0.5) is 0 Å². The first-order valence-corrected chi connectivity index (χ1v) is 6.59. The maximum absolute atomic E-state index is 5.57. The summed E-state index contributed by atoms with van der Waals surface area (Å²) in [4.78, 5) is 4.22. The Morgan fingerprint density at radius 3 is 2.68 bits per heavy atom. The molecule has 0 saturated carbocycles. The zero-order valence-corrected chi connectivity index (χ0v) is 11.6. The monoisotopic (exact) mass is 260 g/mol. The number of benzene rings is 1. The van der Waals surface area contributed by atoms with E-state index in [0.29, 0.717) is 12.5 Å². The van der Waals surface area contributed by atoms with E-state index in [0.717, 1.165) is 17.9 Å². The molecular formula is C15H20N2O2. The van der Waals surface area contributed by atoms with E-state index in [-0.39, 0.29) is 6.08 Å². The van der Waals surface area contributed by atoms with Crippen LogP contribution in [-0.4, -0.2) is 12.0 Å². The van der Waals surface area contributed by atoms with Crippen molar-refractivity contribution in [3.05, 3.63) is 41.8 Å². The van der Waals surface area contributed by atoms with Crippen LogP contribution in [0.3, 0.4) is 0 Å². The van der Waals surface area contributed by atoms with Gasteiger partial charge in [0.15, 0.2) is 0 Å². The highest BCUT2D eigenvalue weighted by molar-refractivity contribution is 5.30. The number of rotatable bonds is 6. The van der Waals surface area contributed by atoms with Crippen LogP contribution in [0.15, 0.2) is 34.9 Å². The first-order chi connectivity index (χ1) is 9.22. The molecule has 0 fully saturated rings. The molecule has 0 radical (unpaired) electrons. The fourth-order valence-electron chi connectivity index (χ4n) is 1.80. The normalized spacial score (nSPS) is 12.4. The van der Waals surface area contributed by atoms with Crippen molar-refractivity contribution in [2.45, 2.75) is 32.7 Å². The summed E-state index contributed by atoms with van der Waals surface area (Å²) in [5.74, 6) is 1.31. The summed E-state index contributed by atoms with van der Waals surface area (Å²) >= 11 is 0. The predicted molar refractivity (Wildman–Crippen MR) is 74.5 cm³/mol. The van der Waals surface area contributed by atoms with E-state index in [9.17, 15) is 0 Å². The number of hydrogen-bond donors (Lipinski definition) is 1. The number of oxazole rings is 1. The lowest BCUT2D eigenvalue weighted by molar-refractivity contribution is 0.330. The summed E-state index contributed by atoms with van der Waals surface area (Å²) in [5, 5.41) is 3.01. The van der Waals surface area contributed by atoms with Crippen LogP contribution in [0.1, 0.15) is 37.4 Å². The second-order valence-corrected chi connectivity index (χ2v) is 4.62. The van der Waals surface area contributed by atoms with Gasteiger partial charge in [0.05, 0.1) is 5.69 Å². The summed E-state index contributed by atoms with van der Waals surface area (Å²) in [5.41, 5.74) is 2.15. The van der Waals surface area contributed by atoms with Crippen molar-refractivity contribution in [3.8, 4) is 11.8 Å². The van der Waals surface area contributed by atoms with E-state index in [4.69, 9.17) is 9.15 Å². The Balaban J connectivity index is 2.02. The highest BCUT2D eigenvalue weighted by atomic mass is 16.6. The van der Waals surface area contributed by atoms with E-state index < -0.39 is 0 Å². The molecule has 19 heavy (non-hydrogen) atoms. The first kappa shape index (κ1) is 13.6. The summed E-state index contributed by atoms with van der Waals surface area (Å²) in [7, 11) is 1.86. The van der Waals surface area contributed by atoms with E-state index in [1.165, 1.54) is 5.56 Å². The van der Waals surface area contributed by atoms with Crippen molar-refractivity contribution in [2.24, 2.45) is 0 Å². The lowest BCUT2D eigenvalue weighted by Gasteiger charge is -2.09. The molecule has 1 N–H and O–H groups in total. The van der Waals surface area contributed by atoms with Gasteiger partial charge in [-0.15, -0.1) is 0 Å². The van der Waals surface area contributed by atoms with Gasteiger partial charge >= 0.3 is 6.08 Å². The fourth-order valence-corrected chi connectivity index (χ4v) is 1.80. The third kappa shape index (κ3) is 3.58. The zero-order valence-electron chi connectivity index (χ0n) is 11.6. The lowest BCUT2D eigenvalue weighted by Crippen LogP contribution is -2.04. The first-order valence-electron chi connectivity index (χ1n) is 6.59. The van der Waals surface area contributed by atoms with Crippen LogP contribution in [-0.2, 0) is 6.54 Å². The number of aromatic nitrogens is 1. The van der Waals surface area contributed by atoms with E-state index in [1.54, 1.807) is 6.26 Å². The van der Waals surface area contributed by atoms with Crippen molar-refractivity contribution in [2.75, 3.05) is 7.05 Å². The van der Waals surface area contributed by atoms with Crippen LogP contribution in [0.5, 0.6) is 11.8 Å². The number of hydrogen-bond acceptors (Lipinski definition) is 4. The van der Waals surface area contributed by atoms with Gasteiger partial charge in [-0.05, 0) is 37.1 Å². The smallest absolute Gasteiger partial charge is 0.399 e. The van der Waals surface area contributed by atoms with Gasteiger partial charge in [-0.2, -0.15) is 4.98 Å². The van der Waals surface area contributed by atoms with Gasteiger partial charge in [-0.25, -0.2) is 0 Å². The quantitative estimate of drug-likeness (QED) is 0.860. The molecule has 0 bridgehead atoms. The molecule has 0 aliphatic heterocycles. The Morgan fingerprint density at radius 2 is 2.05 bits per heavy atom. The van der Waals surface area contributed by atoms with Gasteiger partial charge in [0.1, 0.15) is 12.0 Å². The predicted octanol–water partition coefficient (Wildman–Crippen LogP) is 3.70. The van der Waals surface area contributed by atoms with Gasteiger partial charge in [0, 0.05) is 6.54 Å². The van der Waals surface area contributed by atoms with Crippen molar-refractivity contribution >= 4 is 0 Å². The van der Waals surface area contributed by atoms with Crippen LogP contribution in [0.2, 0.25) is 0 Å². The molecule has 1 atom stereocenters. The third-order valence-corrected chi connectivity index (χ3v) is 3.16. The second kappa shape index (κ2) is 6.38. The molecule has 1 heterocycles. The minimum atomic E-state index is 0.279. The van der Waals surface area contributed by atoms with E-state index in [2.05, 4.69) is 36.3 Å². The average Bonchev–Trinajstić information content (AvgIpc) is 2.86. The molecule has 2 aromatic rings. The summed E-state index contributed by atoms with van der Waals surface area (Å²) in [6, 6.07) is 8.06. The van der Waals surface area contributed by atoms with Gasteiger partial charge < -0.3 is 14.5 Å². The van der Waals surface area contributed by atoms with E-state index in [1.807, 2.05) is 19.2 Å². The molecule has 1 aromatic heterocycles. The van der Waals surface area contributed by atoms with E-state index >= 15 is 0 Å². The van der Waals surface area contributed by atoms with Crippen LogP contribution < -0.4 is 10.1 Å². The van der Waals surface area contributed by atoms with Crippen LogP contribution in [0, 0.1) is 0 Å². The molecule has 2 rings (SSSR count). The molecule has 4 heteroatoms. The number of nitrogens with one attached hydrogen (secondary N) is 1. The van der Waals surface area contributed by atoms with Crippen molar-refractivity contribution < 1.29 is 9.15 Å². The fraction of sp³-hybridized carbons (Fsp3) is 0.400. The maximum Gasteiger partial charge on any atom is 0.399 e. The largest absolute Gasteiger partial charge is 0.417 e. The van der Waals surface area contributed by atoms with Crippen LogP contribution >= 0.6 is 0 Å². The minimum absolute atomic E-state index is 0.279. The maximum atomic E-state index is 5.57.